The van der Waals surface area contributed by atoms with E-state index in [1.54, 1.807) is 42.5 Å². The van der Waals surface area contributed by atoms with Gasteiger partial charge in [-0.25, -0.2) is 8.42 Å². The molecule has 10 heteroatoms. The minimum absolute atomic E-state index is 0.142. The van der Waals surface area contributed by atoms with Crippen LogP contribution >= 0.6 is 34.8 Å². The second kappa shape index (κ2) is 9.47. The van der Waals surface area contributed by atoms with Crippen LogP contribution in [0.5, 0.6) is 0 Å². The van der Waals surface area contributed by atoms with Gasteiger partial charge in [-0.3, -0.25) is 10.1 Å². The Labute approximate surface area is 189 Å². The van der Waals surface area contributed by atoms with Crippen molar-refractivity contribution in [2.24, 2.45) is 0 Å². The van der Waals surface area contributed by atoms with Gasteiger partial charge < -0.3 is 10.2 Å². The lowest BCUT2D eigenvalue weighted by Crippen LogP contribution is -2.46. The smallest absolute Gasteiger partial charge is 0.257 e. The SMILES string of the molecule is CN1CCN(S(=O)(=O)c2ccc(NC(=S)NC(=O)c3cccc(I)c3)cc2)CC1. The van der Waals surface area contributed by atoms with E-state index in [2.05, 4.69) is 38.1 Å². The Morgan fingerprint density at radius 3 is 2.34 bits per heavy atom. The number of anilines is 1. The van der Waals surface area contributed by atoms with Gasteiger partial charge in [0, 0.05) is 41.0 Å². The van der Waals surface area contributed by atoms with Gasteiger partial charge in [0.1, 0.15) is 0 Å². The van der Waals surface area contributed by atoms with Crippen molar-refractivity contribution < 1.29 is 13.2 Å². The number of nitrogens with one attached hydrogen (secondary N) is 2. The molecule has 0 atom stereocenters. The number of piperazine rings is 1. The van der Waals surface area contributed by atoms with Crippen LogP contribution in [-0.4, -0.2) is 61.9 Å². The zero-order valence-corrected chi connectivity index (χ0v) is 19.6. The third-order valence-electron chi connectivity index (χ3n) is 4.53. The van der Waals surface area contributed by atoms with Crippen molar-refractivity contribution >= 4 is 61.5 Å². The highest BCUT2D eigenvalue weighted by atomic mass is 127. The van der Waals surface area contributed by atoms with E-state index in [1.807, 2.05) is 13.1 Å². The fourth-order valence-corrected chi connectivity index (χ4v) is 5.03. The Balaban J connectivity index is 1.61. The van der Waals surface area contributed by atoms with E-state index in [0.717, 1.165) is 3.57 Å². The second-order valence-corrected chi connectivity index (χ2v) is 10.2. The molecule has 0 aromatic heterocycles. The summed E-state index contributed by atoms with van der Waals surface area (Å²) in [5.41, 5.74) is 1.10. The highest BCUT2D eigenvalue weighted by Crippen LogP contribution is 2.19. The Hall–Kier alpha value is -1.60. The van der Waals surface area contributed by atoms with Crippen molar-refractivity contribution in [3.8, 4) is 0 Å². The molecule has 2 N–H and O–H groups in total. The zero-order chi connectivity index (χ0) is 21.0. The van der Waals surface area contributed by atoms with Gasteiger partial charge in [0.15, 0.2) is 5.11 Å². The number of nitrogens with zero attached hydrogens (tertiary/aromatic N) is 2. The maximum atomic E-state index is 12.8. The molecule has 0 spiro atoms. The van der Waals surface area contributed by atoms with Crippen molar-refractivity contribution in [3.05, 3.63) is 57.7 Å². The second-order valence-electron chi connectivity index (χ2n) is 6.65. The Kier molecular flexibility index (Phi) is 7.22. The number of hydrogen-bond donors (Lipinski definition) is 2. The predicted molar refractivity (Wildman–Crippen MR) is 126 cm³/mol. The van der Waals surface area contributed by atoms with Crippen molar-refractivity contribution in [3.63, 3.8) is 0 Å². The normalized spacial score (nSPS) is 15.7. The molecule has 7 nitrogen and oxygen atoms in total. The van der Waals surface area contributed by atoms with Gasteiger partial charge in [0.05, 0.1) is 4.90 Å². The first-order valence-corrected chi connectivity index (χ1v) is 11.8. The fourth-order valence-electron chi connectivity index (χ4n) is 2.86. The van der Waals surface area contributed by atoms with Crippen molar-refractivity contribution in [2.45, 2.75) is 4.90 Å². The summed E-state index contributed by atoms with van der Waals surface area (Å²) in [5, 5.41) is 5.67. The molecule has 1 heterocycles. The summed E-state index contributed by atoms with van der Waals surface area (Å²) in [4.78, 5) is 14.6. The number of sulfonamides is 1. The first kappa shape index (κ1) is 22.1. The number of carbonyl (C=O) groups is 1. The molecule has 1 fully saturated rings. The Morgan fingerprint density at radius 2 is 1.72 bits per heavy atom. The third-order valence-corrected chi connectivity index (χ3v) is 7.31. The largest absolute Gasteiger partial charge is 0.332 e. The van der Waals surface area contributed by atoms with E-state index in [-0.39, 0.29) is 15.9 Å². The number of rotatable bonds is 4. The van der Waals surface area contributed by atoms with Gasteiger partial charge in [0.2, 0.25) is 10.0 Å². The Bertz CT molecular complexity index is 1000. The first-order valence-electron chi connectivity index (χ1n) is 8.92. The summed E-state index contributed by atoms with van der Waals surface area (Å²) in [6.45, 7) is 2.39. The van der Waals surface area contributed by atoms with Crippen molar-refractivity contribution in [2.75, 3.05) is 38.5 Å². The summed E-state index contributed by atoms with van der Waals surface area (Å²) in [5.74, 6) is -0.310. The van der Waals surface area contributed by atoms with Gasteiger partial charge in [-0.2, -0.15) is 4.31 Å². The predicted octanol–water partition coefficient (Wildman–Crippen LogP) is 2.35. The van der Waals surface area contributed by atoms with Crippen LogP contribution < -0.4 is 10.6 Å². The molecule has 2 aromatic rings. The fraction of sp³-hybridized carbons (Fsp3) is 0.263. The average molecular weight is 544 g/mol. The van der Waals surface area contributed by atoms with Crippen molar-refractivity contribution in [1.29, 1.82) is 0 Å². The van der Waals surface area contributed by atoms with E-state index in [4.69, 9.17) is 12.2 Å². The number of hydrogen-bond acceptors (Lipinski definition) is 5. The summed E-state index contributed by atoms with van der Waals surface area (Å²) >= 11 is 7.32. The molecule has 1 saturated heterocycles. The molecule has 0 saturated carbocycles. The highest BCUT2D eigenvalue weighted by molar-refractivity contribution is 14.1. The lowest BCUT2D eigenvalue weighted by molar-refractivity contribution is 0.0977. The van der Waals surface area contributed by atoms with Crippen LogP contribution in [0.15, 0.2) is 53.4 Å². The van der Waals surface area contributed by atoms with Crippen LogP contribution in [0.3, 0.4) is 0 Å². The number of halogens is 1. The van der Waals surface area contributed by atoms with Crippen LogP contribution in [0.2, 0.25) is 0 Å². The van der Waals surface area contributed by atoms with Crippen LogP contribution in [-0.2, 0) is 10.0 Å². The molecule has 1 amide bonds. The molecule has 0 radical (unpaired) electrons. The van der Waals surface area contributed by atoms with E-state index in [9.17, 15) is 13.2 Å². The van der Waals surface area contributed by atoms with Crippen molar-refractivity contribution in [1.82, 2.24) is 14.5 Å². The topological polar surface area (TPSA) is 81.8 Å². The molecule has 2 aromatic carbocycles. The molecule has 0 aliphatic carbocycles. The number of benzene rings is 2. The molecular weight excluding hydrogens is 523 g/mol. The lowest BCUT2D eigenvalue weighted by Gasteiger charge is -2.31. The number of carbonyl (C=O) groups excluding carboxylic acids is 1. The summed E-state index contributed by atoms with van der Waals surface area (Å²) < 4.78 is 28.0. The first-order chi connectivity index (χ1) is 13.8. The maximum absolute atomic E-state index is 12.8. The van der Waals surface area contributed by atoms with E-state index < -0.39 is 10.0 Å². The third kappa shape index (κ3) is 5.72. The van der Waals surface area contributed by atoms with Crippen LogP contribution in [0.25, 0.3) is 0 Å². The monoisotopic (exact) mass is 544 g/mol. The molecule has 0 unspecified atom stereocenters. The summed E-state index contributed by atoms with van der Waals surface area (Å²) in [6, 6.07) is 13.5. The molecule has 154 valence electrons. The maximum Gasteiger partial charge on any atom is 0.257 e. The molecule has 1 aliphatic rings. The minimum Gasteiger partial charge on any atom is -0.332 e. The summed E-state index contributed by atoms with van der Waals surface area (Å²) in [6.07, 6.45) is 0. The highest BCUT2D eigenvalue weighted by Gasteiger charge is 2.27. The Morgan fingerprint density at radius 1 is 1.07 bits per heavy atom. The average Bonchev–Trinajstić information content (AvgIpc) is 2.68. The zero-order valence-electron chi connectivity index (χ0n) is 15.8. The number of amides is 1. The van der Waals surface area contributed by atoms with Gasteiger partial charge >= 0.3 is 0 Å². The summed E-state index contributed by atoms with van der Waals surface area (Å²) in [7, 11) is -1.54. The van der Waals surface area contributed by atoms with Crippen LogP contribution in [0, 0.1) is 3.57 Å². The molecule has 1 aliphatic heterocycles. The van der Waals surface area contributed by atoms with Gasteiger partial charge in [-0.1, -0.05) is 6.07 Å². The van der Waals surface area contributed by atoms with E-state index in [0.29, 0.717) is 37.4 Å². The van der Waals surface area contributed by atoms with Gasteiger partial charge in [0.25, 0.3) is 5.91 Å². The standard InChI is InChI=1S/C19H21IN4O3S2/c1-23-9-11-24(12-10-23)29(26,27)17-7-5-16(6-8-17)21-19(28)22-18(25)14-3-2-4-15(20)13-14/h2-8,13H,9-12H2,1H3,(H2,21,22,25,28). The van der Waals surface area contributed by atoms with Crippen LogP contribution in [0.1, 0.15) is 10.4 Å². The quantitative estimate of drug-likeness (QED) is 0.455. The van der Waals surface area contributed by atoms with E-state index in [1.165, 1.54) is 4.31 Å². The minimum atomic E-state index is -3.51. The number of thiocarbonyl (C=S) groups is 1. The molecule has 29 heavy (non-hydrogen) atoms. The van der Waals surface area contributed by atoms with Gasteiger partial charge in [-0.05, 0) is 84.3 Å². The lowest BCUT2D eigenvalue weighted by atomic mass is 10.2. The van der Waals surface area contributed by atoms with Gasteiger partial charge in [-0.15, -0.1) is 0 Å². The van der Waals surface area contributed by atoms with Crippen LogP contribution in [0.4, 0.5) is 5.69 Å². The molecule has 3 rings (SSSR count). The van der Waals surface area contributed by atoms with E-state index >= 15 is 0 Å². The number of likely N-dealkylation sites (N-methyl/N-ethyl adjacent to an activating group) is 1. The molecular formula is C19H21IN4O3S2. The molecule has 0 bridgehead atoms.